The van der Waals surface area contributed by atoms with Crippen LogP contribution in [0.3, 0.4) is 0 Å². The van der Waals surface area contributed by atoms with E-state index in [1.165, 1.54) is 13.8 Å². The van der Waals surface area contributed by atoms with Gasteiger partial charge in [-0.3, -0.25) is 14.4 Å². The molecule has 0 aliphatic heterocycles. The maximum Gasteiger partial charge on any atom is 0.326 e. The van der Waals surface area contributed by atoms with Gasteiger partial charge in [-0.25, -0.2) is 4.79 Å². The van der Waals surface area contributed by atoms with Crippen LogP contribution in [0.2, 0.25) is 0 Å². The van der Waals surface area contributed by atoms with Crippen LogP contribution in [-0.4, -0.2) is 64.7 Å². The van der Waals surface area contributed by atoms with Crippen LogP contribution in [0.15, 0.2) is 0 Å². The van der Waals surface area contributed by atoms with Crippen molar-refractivity contribution in [2.24, 2.45) is 11.7 Å². The zero-order valence-corrected chi connectivity index (χ0v) is 14.9. The van der Waals surface area contributed by atoms with Crippen LogP contribution in [0.25, 0.3) is 0 Å². The Bertz CT molecular complexity index is 494. The summed E-state index contributed by atoms with van der Waals surface area (Å²) < 4.78 is 0. The first-order valence-corrected chi connectivity index (χ1v) is 7.99. The molecule has 4 unspecified atom stereocenters. The first-order chi connectivity index (χ1) is 11.5. The number of nitrogens with two attached hydrogens (primary N) is 1. The molecule has 144 valence electrons. The SMILES string of the molecule is CC(C)CC(NC(=O)CNC(=O)C(C)NC(=O)C(N)C(C)O)C(=O)O. The molecule has 0 spiro atoms. The molecule has 0 radical (unpaired) electrons. The molecule has 0 bridgehead atoms. The van der Waals surface area contributed by atoms with E-state index in [1.807, 2.05) is 13.8 Å². The molecule has 4 atom stereocenters. The normalized spacial score (nSPS) is 15.6. The first kappa shape index (κ1) is 22.8. The van der Waals surface area contributed by atoms with Gasteiger partial charge in [0.05, 0.1) is 12.6 Å². The molecule has 7 N–H and O–H groups in total. The Balaban J connectivity index is 4.41. The van der Waals surface area contributed by atoms with Crippen molar-refractivity contribution >= 4 is 23.7 Å². The average Bonchev–Trinajstić information content (AvgIpc) is 2.50. The lowest BCUT2D eigenvalue weighted by atomic mass is 10.0. The van der Waals surface area contributed by atoms with Crippen molar-refractivity contribution < 1.29 is 29.4 Å². The maximum atomic E-state index is 11.8. The van der Waals surface area contributed by atoms with Crippen molar-refractivity contribution in [3.63, 3.8) is 0 Å². The third-order valence-corrected chi connectivity index (χ3v) is 3.34. The van der Waals surface area contributed by atoms with Gasteiger partial charge in [0.1, 0.15) is 18.1 Å². The Morgan fingerprint density at radius 3 is 2.00 bits per heavy atom. The van der Waals surface area contributed by atoms with Crippen LogP contribution in [0, 0.1) is 5.92 Å². The topological polar surface area (TPSA) is 171 Å². The van der Waals surface area contributed by atoms with Crippen LogP contribution < -0.4 is 21.7 Å². The Morgan fingerprint density at radius 2 is 1.56 bits per heavy atom. The minimum atomic E-state index is -1.18. The van der Waals surface area contributed by atoms with E-state index >= 15 is 0 Å². The fourth-order valence-corrected chi connectivity index (χ4v) is 1.85. The van der Waals surface area contributed by atoms with Gasteiger partial charge >= 0.3 is 5.97 Å². The summed E-state index contributed by atoms with van der Waals surface area (Å²) in [4.78, 5) is 46.3. The zero-order valence-electron chi connectivity index (χ0n) is 14.9. The van der Waals surface area contributed by atoms with Crippen LogP contribution in [0.5, 0.6) is 0 Å². The molecule has 0 aromatic heterocycles. The summed E-state index contributed by atoms with van der Waals surface area (Å²) in [6, 6.07) is -3.19. The summed E-state index contributed by atoms with van der Waals surface area (Å²) in [6.45, 7) is 5.95. The van der Waals surface area contributed by atoms with Crippen LogP contribution >= 0.6 is 0 Å². The standard InChI is InChI=1S/C15H28N4O6/c1-7(2)5-10(15(24)25)19-11(21)6-17-13(22)8(3)18-14(23)12(16)9(4)20/h7-10,12,20H,5-6,16H2,1-4H3,(H,17,22)(H,18,23)(H,19,21)(H,24,25). The fraction of sp³-hybridized carbons (Fsp3) is 0.733. The molecule has 10 nitrogen and oxygen atoms in total. The van der Waals surface area contributed by atoms with E-state index in [0.717, 1.165) is 0 Å². The molecule has 25 heavy (non-hydrogen) atoms. The number of hydrogen-bond acceptors (Lipinski definition) is 6. The number of aliphatic hydroxyl groups excluding tert-OH is 1. The maximum absolute atomic E-state index is 11.8. The van der Waals surface area contributed by atoms with Gasteiger partial charge in [0.2, 0.25) is 17.7 Å². The van der Waals surface area contributed by atoms with Crippen LogP contribution in [-0.2, 0) is 19.2 Å². The molecule has 0 aliphatic carbocycles. The number of carboxylic acid groups (broad SMARTS) is 1. The predicted molar refractivity (Wildman–Crippen MR) is 89.3 cm³/mol. The highest BCUT2D eigenvalue weighted by atomic mass is 16.4. The predicted octanol–water partition coefficient (Wildman–Crippen LogP) is -2.07. The van der Waals surface area contributed by atoms with Crippen LogP contribution in [0.1, 0.15) is 34.1 Å². The highest BCUT2D eigenvalue weighted by Crippen LogP contribution is 2.04. The van der Waals surface area contributed by atoms with E-state index in [4.69, 9.17) is 10.8 Å². The molecule has 0 saturated heterocycles. The second-order valence-corrected chi connectivity index (χ2v) is 6.30. The number of amides is 3. The van der Waals surface area contributed by atoms with Crippen molar-refractivity contribution in [2.45, 2.75) is 58.3 Å². The molecule has 0 saturated carbocycles. The zero-order chi connectivity index (χ0) is 19.7. The first-order valence-electron chi connectivity index (χ1n) is 7.99. The summed E-state index contributed by atoms with van der Waals surface area (Å²) in [5.41, 5.74) is 5.44. The Kier molecular flexibility index (Phi) is 9.69. The minimum absolute atomic E-state index is 0.0735. The lowest BCUT2D eigenvalue weighted by Gasteiger charge is -2.19. The van der Waals surface area contributed by atoms with Crippen molar-refractivity contribution in [3.8, 4) is 0 Å². The van der Waals surface area contributed by atoms with E-state index in [-0.39, 0.29) is 12.3 Å². The molecule has 10 heteroatoms. The van der Waals surface area contributed by atoms with E-state index < -0.39 is 54.5 Å². The van der Waals surface area contributed by atoms with Gasteiger partial charge in [-0.2, -0.15) is 0 Å². The van der Waals surface area contributed by atoms with Gasteiger partial charge < -0.3 is 31.9 Å². The quantitative estimate of drug-likeness (QED) is 0.260. The number of carbonyl (C=O) groups excluding carboxylic acids is 3. The van der Waals surface area contributed by atoms with Gasteiger partial charge in [-0.1, -0.05) is 13.8 Å². The van der Waals surface area contributed by atoms with Crippen molar-refractivity contribution in [1.29, 1.82) is 0 Å². The molecule has 0 fully saturated rings. The number of rotatable bonds is 10. The molecule has 0 heterocycles. The van der Waals surface area contributed by atoms with Gasteiger partial charge in [-0.05, 0) is 26.2 Å². The third-order valence-electron chi connectivity index (χ3n) is 3.34. The largest absolute Gasteiger partial charge is 0.480 e. The van der Waals surface area contributed by atoms with Gasteiger partial charge in [-0.15, -0.1) is 0 Å². The summed E-state index contributed by atoms with van der Waals surface area (Å²) >= 11 is 0. The monoisotopic (exact) mass is 360 g/mol. The summed E-state index contributed by atoms with van der Waals surface area (Å²) in [5, 5.41) is 25.2. The number of hydrogen-bond donors (Lipinski definition) is 6. The Morgan fingerprint density at radius 1 is 1.00 bits per heavy atom. The molecule has 3 amide bonds. The summed E-state index contributed by atoms with van der Waals surface area (Å²) in [6.07, 6.45) is -0.812. The Hall–Kier alpha value is -2.20. The molecular formula is C15H28N4O6. The number of carboxylic acids is 1. The third kappa shape index (κ3) is 9.01. The average molecular weight is 360 g/mol. The molecule has 0 aliphatic rings. The van der Waals surface area contributed by atoms with Gasteiger partial charge in [0.25, 0.3) is 0 Å². The van der Waals surface area contributed by atoms with E-state index in [9.17, 15) is 24.3 Å². The fourth-order valence-electron chi connectivity index (χ4n) is 1.85. The van der Waals surface area contributed by atoms with E-state index in [1.54, 1.807) is 0 Å². The lowest BCUT2D eigenvalue weighted by Crippen LogP contribution is -2.54. The number of aliphatic carboxylic acids is 1. The molecule has 0 rings (SSSR count). The number of aliphatic hydroxyl groups is 1. The van der Waals surface area contributed by atoms with Crippen molar-refractivity contribution in [1.82, 2.24) is 16.0 Å². The molecule has 0 aromatic carbocycles. The van der Waals surface area contributed by atoms with E-state index in [0.29, 0.717) is 0 Å². The second-order valence-electron chi connectivity index (χ2n) is 6.30. The van der Waals surface area contributed by atoms with Gasteiger partial charge in [0, 0.05) is 0 Å². The molecule has 0 aromatic rings. The minimum Gasteiger partial charge on any atom is -0.480 e. The highest BCUT2D eigenvalue weighted by Gasteiger charge is 2.24. The van der Waals surface area contributed by atoms with Gasteiger partial charge in [0.15, 0.2) is 0 Å². The second kappa shape index (κ2) is 10.6. The lowest BCUT2D eigenvalue weighted by molar-refractivity contribution is -0.142. The van der Waals surface area contributed by atoms with Crippen molar-refractivity contribution in [2.75, 3.05) is 6.54 Å². The van der Waals surface area contributed by atoms with Crippen LogP contribution in [0.4, 0.5) is 0 Å². The highest BCUT2D eigenvalue weighted by molar-refractivity contribution is 5.92. The van der Waals surface area contributed by atoms with E-state index in [2.05, 4.69) is 16.0 Å². The number of nitrogens with one attached hydrogen (secondary N) is 3. The Labute approximate surface area is 146 Å². The number of carbonyl (C=O) groups is 4. The smallest absolute Gasteiger partial charge is 0.326 e. The summed E-state index contributed by atoms with van der Waals surface area (Å²) in [5.74, 6) is -3.08. The summed E-state index contributed by atoms with van der Waals surface area (Å²) in [7, 11) is 0. The van der Waals surface area contributed by atoms with Crippen molar-refractivity contribution in [3.05, 3.63) is 0 Å². The molecular weight excluding hydrogens is 332 g/mol.